The third-order valence-corrected chi connectivity index (χ3v) is 4.31. The highest BCUT2D eigenvalue weighted by atomic mass is 79.9. The van der Waals surface area contributed by atoms with E-state index in [9.17, 15) is 4.79 Å². The number of benzene rings is 2. The van der Waals surface area contributed by atoms with Crippen molar-refractivity contribution >= 4 is 27.5 Å². The first-order valence-corrected chi connectivity index (χ1v) is 7.76. The molecule has 0 radical (unpaired) electrons. The molecule has 108 valence electrons. The Morgan fingerprint density at radius 2 is 1.95 bits per heavy atom. The molecular formula is C17H17BrN2O. The van der Waals surface area contributed by atoms with Crippen LogP contribution in [0.1, 0.15) is 11.1 Å². The molecule has 3 rings (SSSR count). The Morgan fingerprint density at radius 1 is 1.24 bits per heavy atom. The summed E-state index contributed by atoms with van der Waals surface area (Å²) < 4.78 is 1.05. The molecule has 1 atom stereocenters. The van der Waals surface area contributed by atoms with Crippen molar-refractivity contribution in [2.45, 2.75) is 19.0 Å². The topological polar surface area (TPSA) is 32.3 Å². The molecule has 0 aromatic heterocycles. The zero-order valence-corrected chi connectivity index (χ0v) is 13.4. The number of hydrogen-bond acceptors (Lipinski definition) is 2. The highest BCUT2D eigenvalue weighted by Crippen LogP contribution is 2.26. The van der Waals surface area contributed by atoms with Gasteiger partial charge < -0.3 is 10.2 Å². The first-order valence-electron chi connectivity index (χ1n) is 6.97. The average Bonchev–Trinajstić information content (AvgIpc) is 2.92. The van der Waals surface area contributed by atoms with E-state index in [2.05, 4.69) is 27.3 Å². The zero-order valence-electron chi connectivity index (χ0n) is 11.8. The van der Waals surface area contributed by atoms with Crippen LogP contribution in [0.2, 0.25) is 0 Å². The normalized spacial score (nSPS) is 16.2. The van der Waals surface area contributed by atoms with Crippen LogP contribution in [-0.2, 0) is 17.8 Å². The molecule has 0 bridgehead atoms. The van der Waals surface area contributed by atoms with Gasteiger partial charge in [-0.05, 0) is 29.3 Å². The van der Waals surface area contributed by atoms with E-state index >= 15 is 0 Å². The van der Waals surface area contributed by atoms with Crippen LogP contribution in [0.25, 0.3) is 0 Å². The van der Waals surface area contributed by atoms with Gasteiger partial charge in [0.1, 0.15) is 6.04 Å². The molecule has 1 heterocycles. The van der Waals surface area contributed by atoms with Crippen molar-refractivity contribution in [1.29, 1.82) is 0 Å². The van der Waals surface area contributed by atoms with Gasteiger partial charge in [0, 0.05) is 30.2 Å². The van der Waals surface area contributed by atoms with Crippen molar-refractivity contribution in [1.82, 2.24) is 4.90 Å². The number of halogens is 1. The number of amides is 1. The Hall–Kier alpha value is -1.81. The van der Waals surface area contributed by atoms with E-state index in [-0.39, 0.29) is 11.9 Å². The third-order valence-electron chi connectivity index (χ3n) is 3.78. The van der Waals surface area contributed by atoms with Gasteiger partial charge >= 0.3 is 0 Å². The van der Waals surface area contributed by atoms with E-state index in [0.717, 1.165) is 22.1 Å². The van der Waals surface area contributed by atoms with Crippen LogP contribution in [0.5, 0.6) is 0 Å². The number of rotatable bonds is 3. The van der Waals surface area contributed by atoms with Crippen LogP contribution >= 0.6 is 15.9 Å². The van der Waals surface area contributed by atoms with Gasteiger partial charge in [-0.2, -0.15) is 0 Å². The summed E-state index contributed by atoms with van der Waals surface area (Å²) in [6.45, 7) is 0.626. The molecular weight excluding hydrogens is 328 g/mol. The molecule has 0 saturated heterocycles. The van der Waals surface area contributed by atoms with Crippen molar-refractivity contribution in [3.8, 4) is 0 Å². The largest absolute Gasteiger partial charge is 0.373 e. The Morgan fingerprint density at radius 3 is 2.67 bits per heavy atom. The van der Waals surface area contributed by atoms with E-state index in [1.54, 1.807) is 4.90 Å². The lowest BCUT2D eigenvalue weighted by molar-refractivity contribution is -0.131. The maximum Gasteiger partial charge on any atom is 0.245 e. The molecule has 0 fully saturated rings. The fourth-order valence-electron chi connectivity index (χ4n) is 2.65. The maximum atomic E-state index is 12.5. The van der Waals surface area contributed by atoms with E-state index in [1.807, 2.05) is 49.5 Å². The van der Waals surface area contributed by atoms with Crippen LogP contribution in [0, 0.1) is 0 Å². The minimum atomic E-state index is -0.150. The van der Waals surface area contributed by atoms with E-state index < -0.39 is 0 Å². The van der Waals surface area contributed by atoms with Crippen molar-refractivity contribution < 1.29 is 4.79 Å². The van der Waals surface area contributed by atoms with Crippen LogP contribution in [-0.4, -0.2) is 23.9 Å². The number of hydrogen-bond donors (Lipinski definition) is 1. The van der Waals surface area contributed by atoms with Gasteiger partial charge in [0.05, 0.1) is 0 Å². The molecule has 4 heteroatoms. The number of nitrogens with one attached hydrogen (secondary N) is 1. The molecule has 1 N–H and O–H groups in total. The zero-order chi connectivity index (χ0) is 14.8. The van der Waals surface area contributed by atoms with Crippen molar-refractivity contribution in [2.75, 3.05) is 12.4 Å². The number of nitrogens with zero attached hydrogens (tertiary/aromatic N) is 1. The number of fused-ring (bicyclic) bond motifs is 1. The van der Waals surface area contributed by atoms with Crippen molar-refractivity contribution in [3.05, 3.63) is 64.1 Å². The van der Waals surface area contributed by atoms with Crippen molar-refractivity contribution in [3.63, 3.8) is 0 Å². The second-order valence-electron chi connectivity index (χ2n) is 5.38. The van der Waals surface area contributed by atoms with Crippen LogP contribution in [0.3, 0.4) is 0 Å². The van der Waals surface area contributed by atoms with Gasteiger partial charge in [0.15, 0.2) is 0 Å². The number of para-hydroxylation sites is 1. The SMILES string of the molecule is CN(Cc1ccc(Br)cc1)C(=O)C1Cc2ccccc2N1. The first kappa shape index (κ1) is 14.1. The summed E-state index contributed by atoms with van der Waals surface area (Å²) in [4.78, 5) is 14.3. The Balaban J connectivity index is 1.65. The first-order chi connectivity index (χ1) is 10.1. The summed E-state index contributed by atoms with van der Waals surface area (Å²) >= 11 is 3.42. The number of anilines is 1. The van der Waals surface area contributed by atoms with E-state index in [4.69, 9.17) is 0 Å². The minimum absolute atomic E-state index is 0.133. The van der Waals surface area contributed by atoms with Crippen LogP contribution in [0.15, 0.2) is 53.0 Å². The fraction of sp³-hybridized carbons (Fsp3) is 0.235. The van der Waals surface area contributed by atoms with E-state index in [0.29, 0.717) is 6.54 Å². The van der Waals surface area contributed by atoms with Crippen LogP contribution < -0.4 is 5.32 Å². The summed E-state index contributed by atoms with van der Waals surface area (Å²) in [6.07, 6.45) is 0.764. The van der Waals surface area contributed by atoms with Gasteiger partial charge in [-0.1, -0.05) is 46.3 Å². The summed E-state index contributed by atoms with van der Waals surface area (Å²) in [5.41, 5.74) is 3.42. The molecule has 0 spiro atoms. The molecule has 2 aromatic rings. The van der Waals surface area contributed by atoms with Crippen molar-refractivity contribution in [2.24, 2.45) is 0 Å². The Kier molecular flexibility index (Phi) is 3.97. The lowest BCUT2D eigenvalue weighted by Gasteiger charge is -2.21. The predicted octanol–water partition coefficient (Wildman–Crippen LogP) is 3.44. The van der Waals surface area contributed by atoms with Crippen LogP contribution in [0.4, 0.5) is 5.69 Å². The lowest BCUT2D eigenvalue weighted by atomic mass is 10.1. The summed E-state index contributed by atoms with van der Waals surface area (Å²) in [5.74, 6) is 0.133. The molecule has 1 amide bonds. The predicted molar refractivity (Wildman–Crippen MR) is 88.2 cm³/mol. The molecule has 0 aliphatic carbocycles. The number of likely N-dealkylation sites (N-methyl/N-ethyl adjacent to an activating group) is 1. The lowest BCUT2D eigenvalue weighted by Crippen LogP contribution is -2.39. The average molecular weight is 345 g/mol. The molecule has 1 unspecified atom stereocenters. The highest BCUT2D eigenvalue weighted by Gasteiger charge is 2.28. The monoisotopic (exact) mass is 344 g/mol. The smallest absolute Gasteiger partial charge is 0.245 e. The van der Waals surface area contributed by atoms with Gasteiger partial charge in [0.2, 0.25) is 5.91 Å². The Labute approximate surface area is 133 Å². The molecule has 0 saturated carbocycles. The molecule has 2 aromatic carbocycles. The highest BCUT2D eigenvalue weighted by molar-refractivity contribution is 9.10. The van der Waals surface area contributed by atoms with E-state index in [1.165, 1.54) is 5.56 Å². The molecule has 1 aliphatic rings. The molecule has 1 aliphatic heterocycles. The standard InChI is InChI=1S/C17H17BrN2O/c1-20(11-12-6-8-14(18)9-7-12)17(21)16-10-13-4-2-3-5-15(13)19-16/h2-9,16,19H,10-11H2,1H3. The minimum Gasteiger partial charge on any atom is -0.373 e. The number of carbonyl (C=O) groups is 1. The summed E-state index contributed by atoms with van der Waals surface area (Å²) in [6, 6.07) is 16.0. The molecule has 3 nitrogen and oxygen atoms in total. The fourth-order valence-corrected chi connectivity index (χ4v) is 2.92. The van der Waals surface area contributed by atoms with Gasteiger partial charge in [-0.25, -0.2) is 0 Å². The number of carbonyl (C=O) groups excluding carboxylic acids is 1. The Bertz CT molecular complexity index is 629. The molecule has 21 heavy (non-hydrogen) atoms. The van der Waals surface area contributed by atoms with Gasteiger partial charge in [0.25, 0.3) is 0 Å². The quantitative estimate of drug-likeness (QED) is 0.924. The van der Waals surface area contributed by atoms with Gasteiger partial charge in [-0.15, -0.1) is 0 Å². The van der Waals surface area contributed by atoms with Gasteiger partial charge in [-0.3, -0.25) is 4.79 Å². The summed E-state index contributed by atoms with van der Waals surface area (Å²) in [7, 11) is 1.86. The second-order valence-corrected chi connectivity index (χ2v) is 6.29. The second kappa shape index (κ2) is 5.90. The third kappa shape index (κ3) is 3.10. The maximum absolute atomic E-state index is 12.5. The summed E-state index contributed by atoms with van der Waals surface area (Å²) in [5, 5.41) is 3.31.